The molecular formula is C13H16IN3O. The third-order valence-corrected chi connectivity index (χ3v) is 3.35. The average molecular weight is 357 g/mol. The van der Waals surface area contributed by atoms with Crippen LogP contribution in [0.4, 0.5) is 5.69 Å². The van der Waals surface area contributed by atoms with Gasteiger partial charge in [-0.2, -0.15) is 4.98 Å². The molecular weight excluding hydrogens is 341 g/mol. The zero-order valence-electron chi connectivity index (χ0n) is 10.5. The minimum absolute atomic E-state index is 0.540. The fourth-order valence-corrected chi connectivity index (χ4v) is 2.16. The molecule has 1 aromatic carbocycles. The lowest BCUT2D eigenvalue weighted by molar-refractivity contribution is 0.375. The number of hydrogen-bond donors (Lipinski definition) is 1. The summed E-state index contributed by atoms with van der Waals surface area (Å²) in [4.78, 5) is 4.35. The summed E-state index contributed by atoms with van der Waals surface area (Å²) in [5.74, 6) is 1.95. The molecule has 0 saturated heterocycles. The second-order valence-corrected chi connectivity index (χ2v) is 5.70. The van der Waals surface area contributed by atoms with Gasteiger partial charge >= 0.3 is 0 Å². The number of para-hydroxylation sites is 1. The molecule has 4 nitrogen and oxygen atoms in total. The Kier molecular flexibility index (Phi) is 4.57. The van der Waals surface area contributed by atoms with Crippen LogP contribution in [0.3, 0.4) is 0 Å². The zero-order valence-corrected chi connectivity index (χ0v) is 12.6. The number of nitrogens with zero attached hydrogens (tertiary/aromatic N) is 2. The van der Waals surface area contributed by atoms with Crippen molar-refractivity contribution in [1.29, 1.82) is 0 Å². The number of benzene rings is 1. The van der Waals surface area contributed by atoms with Crippen molar-refractivity contribution in [2.45, 2.75) is 26.8 Å². The van der Waals surface area contributed by atoms with Gasteiger partial charge in [-0.15, -0.1) is 0 Å². The Morgan fingerprint density at radius 2 is 2.11 bits per heavy atom. The summed E-state index contributed by atoms with van der Waals surface area (Å²) in [6, 6.07) is 8.11. The van der Waals surface area contributed by atoms with E-state index < -0.39 is 0 Å². The molecule has 0 aliphatic rings. The third kappa shape index (κ3) is 3.69. The summed E-state index contributed by atoms with van der Waals surface area (Å²) in [6.07, 6.45) is 0.854. The largest absolute Gasteiger partial charge is 0.375 e. The summed E-state index contributed by atoms with van der Waals surface area (Å²) in [6.45, 7) is 4.84. The summed E-state index contributed by atoms with van der Waals surface area (Å²) in [5.41, 5.74) is 1.08. The van der Waals surface area contributed by atoms with Crippen LogP contribution in [0.1, 0.15) is 25.6 Å². The maximum atomic E-state index is 5.20. The van der Waals surface area contributed by atoms with Crippen LogP contribution in [0.2, 0.25) is 0 Å². The molecule has 0 bridgehead atoms. The van der Waals surface area contributed by atoms with Gasteiger partial charge in [0.05, 0.1) is 6.54 Å². The van der Waals surface area contributed by atoms with Gasteiger partial charge in [0.2, 0.25) is 5.89 Å². The Labute approximate surface area is 120 Å². The maximum Gasteiger partial charge on any atom is 0.245 e. The lowest BCUT2D eigenvalue weighted by Gasteiger charge is -2.04. The second-order valence-electron chi connectivity index (χ2n) is 4.54. The number of nitrogens with one attached hydrogen (secondary N) is 1. The molecule has 0 radical (unpaired) electrons. The topological polar surface area (TPSA) is 51.0 Å². The molecule has 0 spiro atoms. The average Bonchev–Trinajstić information content (AvgIpc) is 2.75. The van der Waals surface area contributed by atoms with Gasteiger partial charge in [0.25, 0.3) is 0 Å². The molecule has 1 aromatic heterocycles. The van der Waals surface area contributed by atoms with E-state index in [0.717, 1.165) is 17.9 Å². The van der Waals surface area contributed by atoms with Gasteiger partial charge in [0.1, 0.15) is 0 Å². The first-order valence-electron chi connectivity index (χ1n) is 5.95. The van der Waals surface area contributed by atoms with E-state index in [1.54, 1.807) is 0 Å². The molecule has 1 N–H and O–H groups in total. The van der Waals surface area contributed by atoms with Gasteiger partial charge in [-0.1, -0.05) is 31.1 Å². The molecule has 0 unspecified atom stereocenters. The van der Waals surface area contributed by atoms with Crippen molar-refractivity contribution in [3.8, 4) is 0 Å². The van der Waals surface area contributed by atoms with Crippen molar-refractivity contribution in [3.05, 3.63) is 39.6 Å². The van der Waals surface area contributed by atoms with E-state index in [0.29, 0.717) is 18.4 Å². The van der Waals surface area contributed by atoms with Gasteiger partial charge in [0, 0.05) is 15.7 Å². The zero-order chi connectivity index (χ0) is 13.0. The highest BCUT2D eigenvalue weighted by Crippen LogP contribution is 2.17. The van der Waals surface area contributed by atoms with Gasteiger partial charge < -0.3 is 9.84 Å². The molecule has 2 aromatic rings. The van der Waals surface area contributed by atoms with Crippen molar-refractivity contribution in [2.75, 3.05) is 5.32 Å². The number of anilines is 1. The quantitative estimate of drug-likeness (QED) is 0.833. The maximum absolute atomic E-state index is 5.20. The predicted octanol–water partition coefficient (Wildman–Crippen LogP) is 3.48. The summed E-state index contributed by atoms with van der Waals surface area (Å²) in [7, 11) is 0. The van der Waals surface area contributed by atoms with Crippen LogP contribution in [0, 0.1) is 9.49 Å². The number of aromatic nitrogens is 2. The molecule has 96 valence electrons. The predicted molar refractivity (Wildman–Crippen MR) is 79.3 cm³/mol. The molecule has 0 amide bonds. The van der Waals surface area contributed by atoms with E-state index in [-0.39, 0.29) is 0 Å². The number of rotatable bonds is 5. The Morgan fingerprint density at radius 3 is 2.83 bits per heavy atom. The van der Waals surface area contributed by atoms with E-state index in [2.05, 4.69) is 58.0 Å². The number of halogens is 1. The highest BCUT2D eigenvalue weighted by molar-refractivity contribution is 14.1. The standard InChI is InChI=1S/C13H16IN3O/c1-9(2)7-12-16-13(18-17-12)8-15-11-6-4-3-5-10(11)14/h3-6,9,15H,7-8H2,1-2H3. The van der Waals surface area contributed by atoms with Crippen molar-refractivity contribution in [1.82, 2.24) is 10.1 Å². The van der Waals surface area contributed by atoms with Crippen molar-refractivity contribution in [2.24, 2.45) is 5.92 Å². The van der Waals surface area contributed by atoms with Crippen LogP contribution in [-0.2, 0) is 13.0 Å². The van der Waals surface area contributed by atoms with E-state index in [1.807, 2.05) is 18.2 Å². The third-order valence-electron chi connectivity index (χ3n) is 2.40. The number of hydrogen-bond acceptors (Lipinski definition) is 4. The summed E-state index contributed by atoms with van der Waals surface area (Å²) in [5, 5.41) is 7.26. The highest BCUT2D eigenvalue weighted by Gasteiger charge is 2.08. The lowest BCUT2D eigenvalue weighted by Crippen LogP contribution is -2.02. The molecule has 5 heteroatoms. The van der Waals surface area contributed by atoms with Gasteiger partial charge in [-0.25, -0.2) is 0 Å². The van der Waals surface area contributed by atoms with E-state index >= 15 is 0 Å². The van der Waals surface area contributed by atoms with Crippen molar-refractivity contribution in [3.63, 3.8) is 0 Å². The smallest absolute Gasteiger partial charge is 0.245 e. The van der Waals surface area contributed by atoms with Crippen LogP contribution in [0.25, 0.3) is 0 Å². The Bertz CT molecular complexity index is 510. The van der Waals surface area contributed by atoms with Crippen molar-refractivity contribution < 1.29 is 4.52 Å². The molecule has 2 rings (SSSR count). The second kappa shape index (κ2) is 6.17. The summed E-state index contributed by atoms with van der Waals surface area (Å²) < 4.78 is 6.38. The Balaban J connectivity index is 1.94. The lowest BCUT2D eigenvalue weighted by atomic mass is 10.1. The van der Waals surface area contributed by atoms with Crippen LogP contribution >= 0.6 is 22.6 Å². The fraction of sp³-hybridized carbons (Fsp3) is 0.385. The first-order valence-corrected chi connectivity index (χ1v) is 7.03. The Hall–Kier alpha value is -1.11. The fourth-order valence-electron chi connectivity index (χ4n) is 1.59. The van der Waals surface area contributed by atoms with E-state index in [1.165, 1.54) is 3.57 Å². The van der Waals surface area contributed by atoms with Crippen LogP contribution in [-0.4, -0.2) is 10.1 Å². The van der Waals surface area contributed by atoms with Crippen molar-refractivity contribution >= 4 is 28.3 Å². The first kappa shape index (κ1) is 13.3. The molecule has 18 heavy (non-hydrogen) atoms. The molecule has 1 heterocycles. The normalized spacial score (nSPS) is 10.9. The monoisotopic (exact) mass is 357 g/mol. The summed E-state index contributed by atoms with van der Waals surface area (Å²) >= 11 is 2.30. The minimum atomic E-state index is 0.540. The van der Waals surface area contributed by atoms with Gasteiger partial charge in [0.15, 0.2) is 5.82 Å². The first-order chi connectivity index (χ1) is 8.65. The highest BCUT2D eigenvalue weighted by atomic mass is 127. The van der Waals surface area contributed by atoms with Gasteiger partial charge in [-0.05, 0) is 40.6 Å². The van der Waals surface area contributed by atoms with E-state index in [9.17, 15) is 0 Å². The molecule has 0 atom stereocenters. The molecule has 0 fully saturated rings. The SMILES string of the molecule is CC(C)Cc1noc(CNc2ccccc2I)n1. The van der Waals surface area contributed by atoms with Crippen LogP contribution in [0.15, 0.2) is 28.8 Å². The van der Waals surface area contributed by atoms with E-state index in [4.69, 9.17) is 4.52 Å². The molecule has 0 aliphatic heterocycles. The molecule has 0 aliphatic carbocycles. The van der Waals surface area contributed by atoms with Crippen LogP contribution < -0.4 is 5.32 Å². The molecule has 0 saturated carbocycles. The Morgan fingerprint density at radius 1 is 1.33 bits per heavy atom. The van der Waals surface area contributed by atoms with Gasteiger partial charge in [-0.3, -0.25) is 0 Å². The minimum Gasteiger partial charge on any atom is -0.375 e. The van der Waals surface area contributed by atoms with Crippen LogP contribution in [0.5, 0.6) is 0 Å².